The van der Waals surface area contributed by atoms with Crippen LogP contribution in [0.15, 0.2) is 30.5 Å². The average Bonchev–Trinajstić information content (AvgIpc) is 2.87. The van der Waals surface area contributed by atoms with Gasteiger partial charge in [-0.1, -0.05) is 0 Å². The molecule has 2 aromatic rings. The molecule has 116 valence electrons. The van der Waals surface area contributed by atoms with Gasteiger partial charge < -0.3 is 14.4 Å². The van der Waals surface area contributed by atoms with Crippen molar-refractivity contribution in [3.8, 4) is 0 Å². The van der Waals surface area contributed by atoms with Crippen molar-refractivity contribution in [3.05, 3.63) is 46.3 Å². The van der Waals surface area contributed by atoms with Gasteiger partial charge in [0.2, 0.25) is 5.95 Å². The summed E-state index contributed by atoms with van der Waals surface area (Å²) in [6, 6.07) is 6.76. The predicted molar refractivity (Wildman–Crippen MR) is 85.5 cm³/mol. The number of nitro benzene ring substituents is 1. The Labute approximate surface area is 128 Å². The topological polar surface area (TPSA) is 67.4 Å². The van der Waals surface area contributed by atoms with Crippen molar-refractivity contribution in [2.75, 3.05) is 36.0 Å². The maximum atomic E-state index is 10.7. The molecule has 3 rings (SSSR count). The lowest BCUT2D eigenvalue weighted by Gasteiger charge is -2.36. The Balaban J connectivity index is 1.66. The van der Waals surface area contributed by atoms with Crippen LogP contribution in [-0.4, -0.2) is 40.7 Å². The number of benzene rings is 1. The van der Waals surface area contributed by atoms with E-state index in [0.717, 1.165) is 43.5 Å². The first kappa shape index (κ1) is 14.4. The zero-order chi connectivity index (χ0) is 15.7. The Hall–Kier alpha value is -2.57. The molecule has 7 nitrogen and oxygen atoms in total. The zero-order valence-corrected chi connectivity index (χ0v) is 12.8. The minimum Gasteiger partial charge on any atom is -0.368 e. The van der Waals surface area contributed by atoms with E-state index in [1.54, 1.807) is 12.1 Å². The number of aromatic nitrogens is 2. The van der Waals surface area contributed by atoms with Gasteiger partial charge in [0.05, 0.1) is 11.1 Å². The summed E-state index contributed by atoms with van der Waals surface area (Å²) in [5.74, 6) is 1.00. The van der Waals surface area contributed by atoms with Crippen LogP contribution in [0, 0.1) is 17.0 Å². The number of nitro groups is 1. The number of piperazine rings is 1. The number of anilines is 2. The fourth-order valence-electron chi connectivity index (χ4n) is 2.73. The van der Waals surface area contributed by atoms with Crippen molar-refractivity contribution in [2.24, 2.45) is 7.05 Å². The lowest BCUT2D eigenvalue weighted by atomic mass is 10.2. The Morgan fingerprint density at radius 2 is 1.68 bits per heavy atom. The molecule has 1 aromatic carbocycles. The van der Waals surface area contributed by atoms with Gasteiger partial charge in [0.25, 0.3) is 5.69 Å². The van der Waals surface area contributed by atoms with Crippen LogP contribution in [0.1, 0.15) is 5.69 Å². The number of non-ortho nitro benzene ring substituents is 1. The monoisotopic (exact) mass is 301 g/mol. The summed E-state index contributed by atoms with van der Waals surface area (Å²) in [5, 5.41) is 10.7. The second kappa shape index (κ2) is 5.67. The molecule has 7 heteroatoms. The summed E-state index contributed by atoms with van der Waals surface area (Å²) in [6.07, 6.45) is 1.89. The van der Waals surface area contributed by atoms with Crippen molar-refractivity contribution in [3.63, 3.8) is 0 Å². The van der Waals surface area contributed by atoms with Gasteiger partial charge in [0.1, 0.15) is 0 Å². The molecule has 1 saturated heterocycles. The third-order valence-electron chi connectivity index (χ3n) is 4.18. The van der Waals surface area contributed by atoms with E-state index < -0.39 is 0 Å². The molecule has 1 aliphatic rings. The molecular formula is C15H19N5O2. The van der Waals surface area contributed by atoms with Crippen LogP contribution in [-0.2, 0) is 7.05 Å². The second-order valence-electron chi connectivity index (χ2n) is 5.51. The SMILES string of the molecule is Cc1cnc(N2CCN(c3ccc([N+](=O)[O-])cc3)CC2)n1C. The molecule has 0 unspecified atom stereocenters. The summed E-state index contributed by atoms with van der Waals surface area (Å²) in [5.41, 5.74) is 2.31. The molecule has 0 bridgehead atoms. The molecule has 0 radical (unpaired) electrons. The predicted octanol–water partition coefficient (Wildman–Crippen LogP) is 1.96. The van der Waals surface area contributed by atoms with E-state index in [9.17, 15) is 10.1 Å². The maximum absolute atomic E-state index is 10.7. The minimum absolute atomic E-state index is 0.130. The minimum atomic E-state index is -0.370. The second-order valence-corrected chi connectivity index (χ2v) is 5.51. The van der Waals surface area contributed by atoms with Gasteiger partial charge in [-0.25, -0.2) is 4.98 Å². The Morgan fingerprint density at radius 1 is 1.09 bits per heavy atom. The van der Waals surface area contributed by atoms with E-state index in [0.29, 0.717) is 0 Å². The first-order valence-electron chi connectivity index (χ1n) is 7.29. The van der Waals surface area contributed by atoms with Crippen LogP contribution < -0.4 is 9.80 Å². The first-order chi connectivity index (χ1) is 10.6. The highest BCUT2D eigenvalue weighted by molar-refractivity contribution is 5.52. The zero-order valence-electron chi connectivity index (χ0n) is 12.8. The van der Waals surface area contributed by atoms with Crippen molar-refractivity contribution >= 4 is 17.3 Å². The summed E-state index contributed by atoms with van der Waals surface area (Å²) in [6.45, 7) is 5.58. The molecule has 0 amide bonds. The van der Waals surface area contributed by atoms with E-state index >= 15 is 0 Å². The van der Waals surface area contributed by atoms with Crippen LogP contribution in [0.3, 0.4) is 0 Å². The summed E-state index contributed by atoms with van der Waals surface area (Å²) in [4.78, 5) is 19.3. The van der Waals surface area contributed by atoms with Gasteiger partial charge in [-0.15, -0.1) is 0 Å². The van der Waals surface area contributed by atoms with E-state index in [1.807, 2.05) is 32.3 Å². The molecule has 2 heterocycles. The molecule has 0 aliphatic carbocycles. The highest BCUT2D eigenvalue weighted by atomic mass is 16.6. The largest absolute Gasteiger partial charge is 0.368 e. The van der Waals surface area contributed by atoms with Crippen LogP contribution >= 0.6 is 0 Å². The fraction of sp³-hybridized carbons (Fsp3) is 0.400. The van der Waals surface area contributed by atoms with E-state index in [2.05, 4.69) is 19.4 Å². The van der Waals surface area contributed by atoms with Gasteiger partial charge in [-0.2, -0.15) is 0 Å². The van der Waals surface area contributed by atoms with Crippen molar-refractivity contribution in [1.29, 1.82) is 0 Å². The van der Waals surface area contributed by atoms with Gasteiger partial charge >= 0.3 is 0 Å². The molecule has 0 saturated carbocycles. The van der Waals surface area contributed by atoms with Crippen LogP contribution in [0.4, 0.5) is 17.3 Å². The molecule has 1 fully saturated rings. The van der Waals surface area contributed by atoms with Crippen molar-refractivity contribution < 1.29 is 4.92 Å². The fourth-order valence-corrected chi connectivity index (χ4v) is 2.73. The number of hydrogen-bond donors (Lipinski definition) is 0. The standard InChI is InChI=1S/C15H19N5O2/c1-12-11-16-15(17(12)2)19-9-7-18(8-10-19)13-3-5-14(6-4-13)20(21)22/h3-6,11H,7-10H2,1-2H3. The summed E-state index contributed by atoms with van der Waals surface area (Å²) < 4.78 is 2.10. The molecule has 0 spiro atoms. The van der Waals surface area contributed by atoms with Crippen LogP contribution in [0.5, 0.6) is 0 Å². The maximum Gasteiger partial charge on any atom is 0.269 e. The molecule has 22 heavy (non-hydrogen) atoms. The molecule has 0 N–H and O–H groups in total. The van der Waals surface area contributed by atoms with Gasteiger partial charge in [0, 0.05) is 56.7 Å². The first-order valence-corrected chi connectivity index (χ1v) is 7.29. The third kappa shape index (κ3) is 2.61. The molecule has 1 aliphatic heterocycles. The number of hydrogen-bond acceptors (Lipinski definition) is 5. The number of nitrogens with zero attached hydrogens (tertiary/aromatic N) is 5. The normalized spacial score (nSPS) is 15.2. The lowest BCUT2D eigenvalue weighted by molar-refractivity contribution is -0.384. The summed E-state index contributed by atoms with van der Waals surface area (Å²) in [7, 11) is 2.03. The van der Waals surface area contributed by atoms with E-state index in [-0.39, 0.29) is 10.6 Å². The van der Waals surface area contributed by atoms with Crippen molar-refractivity contribution in [2.45, 2.75) is 6.92 Å². The highest BCUT2D eigenvalue weighted by Gasteiger charge is 2.20. The highest BCUT2D eigenvalue weighted by Crippen LogP contribution is 2.22. The van der Waals surface area contributed by atoms with Crippen LogP contribution in [0.2, 0.25) is 0 Å². The quantitative estimate of drug-likeness (QED) is 0.640. The molecule has 1 aromatic heterocycles. The number of aryl methyl sites for hydroxylation is 1. The van der Waals surface area contributed by atoms with Crippen molar-refractivity contribution in [1.82, 2.24) is 9.55 Å². The third-order valence-corrected chi connectivity index (χ3v) is 4.18. The van der Waals surface area contributed by atoms with E-state index in [4.69, 9.17) is 0 Å². The smallest absolute Gasteiger partial charge is 0.269 e. The van der Waals surface area contributed by atoms with Gasteiger partial charge in [0.15, 0.2) is 0 Å². The van der Waals surface area contributed by atoms with E-state index in [1.165, 1.54) is 0 Å². The number of imidazole rings is 1. The van der Waals surface area contributed by atoms with Gasteiger partial charge in [-0.05, 0) is 19.1 Å². The Bertz CT molecular complexity index is 672. The average molecular weight is 301 g/mol. The Morgan fingerprint density at radius 3 is 2.18 bits per heavy atom. The number of rotatable bonds is 3. The molecular weight excluding hydrogens is 282 g/mol. The van der Waals surface area contributed by atoms with Crippen LogP contribution in [0.25, 0.3) is 0 Å². The van der Waals surface area contributed by atoms with Gasteiger partial charge in [-0.3, -0.25) is 10.1 Å². The Kier molecular flexibility index (Phi) is 3.70. The lowest BCUT2D eigenvalue weighted by Crippen LogP contribution is -2.47. The molecule has 0 atom stereocenters. The summed E-state index contributed by atoms with van der Waals surface area (Å²) >= 11 is 0.